The molecule has 1 aromatic carbocycles. The van der Waals surface area contributed by atoms with Crippen molar-refractivity contribution in [2.45, 2.75) is 13.1 Å². The molecule has 96 valence electrons. The SMILES string of the molecule is COc1ccc(CN(C)Cc2cccs2)c(N)c1. The average Bonchev–Trinajstić information content (AvgIpc) is 2.84. The van der Waals surface area contributed by atoms with E-state index in [1.807, 2.05) is 18.2 Å². The molecular formula is C14H18N2OS. The van der Waals surface area contributed by atoms with Crippen LogP contribution in [0.4, 0.5) is 5.69 Å². The lowest BCUT2D eigenvalue weighted by molar-refractivity contribution is 0.322. The number of ether oxygens (including phenoxy) is 1. The Morgan fingerprint density at radius 2 is 2.11 bits per heavy atom. The highest BCUT2D eigenvalue weighted by Gasteiger charge is 2.06. The Morgan fingerprint density at radius 1 is 1.28 bits per heavy atom. The molecule has 4 heteroatoms. The molecule has 2 N–H and O–H groups in total. The van der Waals surface area contributed by atoms with Crippen molar-refractivity contribution >= 4 is 17.0 Å². The largest absolute Gasteiger partial charge is 0.497 e. The van der Waals surface area contributed by atoms with E-state index in [1.165, 1.54) is 4.88 Å². The Morgan fingerprint density at radius 3 is 2.72 bits per heavy atom. The number of thiophene rings is 1. The average molecular weight is 262 g/mol. The number of nitrogen functional groups attached to an aromatic ring is 1. The number of hydrogen-bond acceptors (Lipinski definition) is 4. The van der Waals surface area contributed by atoms with Crippen molar-refractivity contribution in [2.24, 2.45) is 0 Å². The molecule has 0 spiro atoms. The van der Waals surface area contributed by atoms with Crippen LogP contribution in [0, 0.1) is 0 Å². The van der Waals surface area contributed by atoms with Crippen LogP contribution >= 0.6 is 11.3 Å². The van der Waals surface area contributed by atoms with E-state index in [4.69, 9.17) is 10.5 Å². The Hall–Kier alpha value is -1.52. The van der Waals surface area contributed by atoms with E-state index in [2.05, 4.69) is 29.5 Å². The van der Waals surface area contributed by atoms with E-state index >= 15 is 0 Å². The zero-order valence-electron chi connectivity index (χ0n) is 10.7. The van der Waals surface area contributed by atoms with E-state index < -0.39 is 0 Å². The molecule has 3 nitrogen and oxygen atoms in total. The van der Waals surface area contributed by atoms with Crippen molar-refractivity contribution in [1.82, 2.24) is 4.90 Å². The van der Waals surface area contributed by atoms with Gasteiger partial charge in [0.05, 0.1) is 7.11 Å². The fourth-order valence-electron chi connectivity index (χ4n) is 1.86. The molecule has 0 aliphatic carbocycles. The maximum Gasteiger partial charge on any atom is 0.120 e. The van der Waals surface area contributed by atoms with Crippen LogP contribution in [0.15, 0.2) is 35.7 Å². The Labute approximate surface area is 112 Å². The van der Waals surface area contributed by atoms with Gasteiger partial charge in [-0.25, -0.2) is 0 Å². The van der Waals surface area contributed by atoms with Gasteiger partial charge in [-0.2, -0.15) is 0 Å². The van der Waals surface area contributed by atoms with Gasteiger partial charge in [0.2, 0.25) is 0 Å². The fraction of sp³-hybridized carbons (Fsp3) is 0.286. The number of anilines is 1. The van der Waals surface area contributed by atoms with Crippen LogP contribution in [0.25, 0.3) is 0 Å². The first-order valence-electron chi connectivity index (χ1n) is 5.82. The van der Waals surface area contributed by atoms with E-state index in [1.54, 1.807) is 18.4 Å². The van der Waals surface area contributed by atoms with Gasteiger partial charge in [0.15, 0.2) is 0 Å². The lowest BCUT2D eigenvalue weighted by atomic mass is 10.1. The molecule has 0 aliphatic heterocycles. The number of nitrogens with two attached hydrogens (primary N) is 1. The van der Waals surface area contributed by atoms with Gasteiger partial charge in [-0.3, -0.25) is 4.90 Å². The number of benzene rings is 1. The Kier molecular flexibility index (Phi) is 4.23. The monoisotopic (exact) mass is 262 g/mol. The molecule has 0 amide bonds. The van der Waals surface area contributed by atoms with Crippen molar-refractivity contribution in [3.63, 3.8) is 0 Å². The third-order valence-electron chi connectivity index (χ3n) is 2.80. The second-order valence-corrected chi connectivity index (χ2v) is 5.35. The molecule has 1 aromatic heterocycles. The lowest BCUT2D eigenvalue weighted by Crippen LogP contribution is -2.17. The van der Waals surface area contributed by atoms with Gasteiger partial charge in [0, 0.05) is 29.7 Å². The van der Waals surface area contributed by atoms with Gasteiger partial charge in [0.1, 0.15) is 5.75 Å². The molecule has 2 aromatic rings. The van der Waals surface area contributed by atoms with Gasteiger partial charge in [-0.05, 0) is 30.1 Å². The molecule has 0 saturated heterocycles. The predicted octanol–water partition coefficient (Wildman–Crippen LogP) is 2.97. The standard InChI is InChI=1S/C14H18N2OS/c1-16(10-13-4-3-7-18-13)9-11-5-6-12(17-2)8-14(11)15/h3-8H,9-10,15H2,1-2H3. The minimum absolute atomic E-state index is 0.785. The van der Waals surface area contributed by atoms with Crippen molar-refractivity contribution < 1.29 is 4.74 Å². The Balaban J connectivity index is 2.00. The molecule has 1 heterocycles. The highest BCUT2D eigenvalue weighted by Crippen LogP contribution is 2.21. The fourth-order valence-corrected chi connectivity index (χ4v) is 2.64. The lowest BCUT2D eigenvalue weighted by Gasteiger charge is -2.17. The first kappa shape index (κ1) is 12.9. The number of hydrogen-bond donors (Lipinski definition) is 1. The van der Waals surface area contributed by atoms with Crippen LogP contribution in [0.5, 0.6) is 5.75 Å². The summed E-state index contributed by atoms with van der Waals surface area (Å²) >= 11 is 1.78. The van der Waals surface area contributed by atoms with Gasteiger partial charge in [0.25, 0.3) is 0 Å². The maximum absolute atomic E-state index is 6.01. The summed E-state index contributed by atoms with van der Waals surface area (Å²) in [6.45, 7) is 1.79. The Bertz CT molecular complexity index is 497. The molecule has 0 saturated carbocycles. The summed E-state index contributed by atoms with van der Waals surface area (Å²) in [5.41, 5.74) is 7.93. The van der Waals surface area contributed by atoms with Crippen LogP contribution in [0.2, 0.25) is 0 Å². The summed E-state index contributed by atoms with van der Waals surface area (Å²) < 4.78 is 5.15. The van der Waals surface area contributed by atoms with E-state index in [-0.39, 0.29) is 0 Å². The molecule has 0 bridgehead atoms. The topological polar surface area (TPSA) is 38.5 Å². The number of nitrogens with zero attached hydrogens (tertiary/aromatic N) is 1. The number of methoxy groups -OCH3 is 1. The van der Waals surface area contributed by atoms with Crippen molar-refractivity contribution in [1.29, 1.82) is 0 Å². The third-order valence-corrected chi connectivity index (χ3v) is 3.66. The first-order chi connectivity index (χ1) is 8.69. The summed E-state index contributed by atoms with van der Waals surface area (Å²) in [5, 5.41) is 2.10. The molecule has 0 fully saturated rings. The van der Waals surface area contributed by atoms with E-state index in [9.17, 15) is 0 Å². The molecule has 18 heavy (non-hydrogen) atoms. The molecule has 0 atom stereocenters. The smallest absolute Gasteiger partial charge is 0.120 e. The summed E-state index contributed by atoms with van der Waals surface area (Å²) in [7, 11) is 3.75. The van der Waals surface area contributed by atoms with Gasteiger partial charge >= 0.3 is 0 Å². The van der Waals surface area contributed by atoms with Crippen LogP contribution in [0.1, 0.15) is 10.4 Å². The van der Waals surface area contributed by atoms with Crippen LogP contribution in [-0.4, -0.2) is 19.1 Å². The van der Waals surface area contributed by atoms with Crippen LogP contribution in [-0.2, 0) is 13.1 Å². The summed E-state index contributed by atoms with van der Waals surface area (Å²) in [4.78, 5) is 3.62. The zero-order valence-corrected chi connectivity index (χ0v) is 11.5. The van der Waals surface area contributed by atoms with Gasteiger partial charge in [-0.15, -0.1) is 11.3 Å². The third kappa shape index (κ3) is 3.24. The second-order valence-electron chi connectivity index (χ2n) is 4.32. The minimum Gasteiger partial charge on any atom is -0.497 e. The molecule has 0 radical (unpaired) electrons. The summed E-state index contributed by atoms with van der Waals surface area (Å²) in [5.74, 6) is 0.803. The van der Waals surface area contributed by atoms with Crippen LogP contribution < -0.4 is 10.5 Å². The van der Waals surface area contributed by atoms with E-state index in [0.717, 1.165) is 30.1 Å². The first-order valence-corrected chi connectivity index (χ1v) is 6.70. The van der Waals surface area contributed by atoms with Gasteiger partial charge < -0.3 is 10.5 Å². The molecule has 2 rings (SSSR count). The van der Waals surface area contributed by atoms with Crippen molar-refractivity contribution in [3.05, 3.63) is 46.2 Å². The summed E-state index contributed by atoms with van der Waals surface area (Å²) in [6.07, 6.45) is 0. The highest BCUT2D eigenvalue weighted by molar-refractivity contribution is 7.09. The molecular weight excluding hydrogens is 244 g/mol. The van der Waals surface area contributed by atoms with Gasteiger partial charge in [-0.1, -0.05) is 12.1 Å². The van der Waals surface area contributed by atoms with Crippen molar-refractivity contribution in [2.75, 3.05) is 19.9 Å². The highest BCUT2D eigenvalue weighted by atomic mass is 32.1. The molecule has 0 unspecified atom stereocenters. The van der Waals surface area contributed by atoms with Crippen LogP contribution in [0.3, 0.4) is 0 Å². The second kappa shape index (κ2) is 5.89. The zero-order chi connectivity index (χ0) is 13.0. The minimum atomic E-state index is 0.785. The molecule has 0 aliphatic rings. The normalized spacial score (nSPS) is 10.8. The van der Waals surface area contributed by atoms with Crippen molar-refractivity contribution in [3.8, 4) is 5.75 Å². The summed E-state index contributed by atoms with van der Waals surface area (Å²) in [6, 6.07) is 10.1. The quantitative estimate of drug-likeness (QED) is 0.842. The maximum atomic E-state index is 6.01. The number of rotatable bonds is 5. The van der Waals surface area contributed by atoms with E-state index in [0.29, 0.717) is 0 Å². The predicted molar refractivity (Wildman–Crippen MR) is 76.9 cm³/mol.